The maximum atomic E-state index is 12.2. The summed E-state index contributed by atoms with van der Waals surface area (Å²) in [6.45, 7) is 2.58. The number of ether oxygens (including phenoxy) is 1. The number of benzene rings is 1. The fraction of sp³-hybridized carbons (Fsp3) is 0.429. The molecule has 2 heterocycles. The van der Waals surface area contributed by atoms with E-state index in [9.17, 15) is 14.7 Å². The summed E-state index contributed by atoms with van der Waals surface area (Å²) in [6.07, 6.45) is 1.81. The van der Waals surface area contributed by atoms with E-state index in [1.54, 1.807) is 12.1 Å². The second kappa shape index (κ2) is 4.79. The van der Waals surface area contributed by atoms with E-state index in [-0.39, 0.29) is 23.4 Å². The summed E-state index contributed by atoms with van der Waals surface area (Å²) < 4.78 is 7.13. The summed E-state index contributed by atoms with van der Waals surface area (Å²) >= 11 is 0. The number of hydrogen-bond donors (Lipinski definition) is 2. The Kier molecular flexibility index (Phi) is 3.10. The summed E-state index contributed by atoms with van der Waals surface area (Å²) in [5.74, 6) is -1.04. The van der Waals surface area contributed by atoms with Crippen LogP contribution in [-0.2, 0) is 4.74 Å². The van der Waals surface area contributed by atoms with E-state index in [0.717, 1.165) is 12.8 Å². The third kappa shape index (κ3) is 1.92. The third-order valence-electron chi connectivity index (χ3n) is 3.88. The zero-order valence-electron chi connectivity index (χ0n) is 11.1. The van der Waals surface area contributed by atoms with Gasteiger partial charge in [0.1, 0.15) is 0 Å². The van der Waals surface area contributed by atoms with Crippen LogP contribution in [0.2, 0.25) is 0 Å². The maximum Gasteiger partial charge on any atom is 0.337 e. The molecule has 1 aliphatic rings. The Hall–Kier alpha value is -2.08. The van der Waals surface area contributed by atoms with Crippen LogP contribution in [0.4, 0.5) is 0 Å². The van der Waals surface area contributed by atoms with Crippen LogP contribution < -0.4 is 5.69 Å². The van der Waals surface area contributed by atoms with Gasteiger partial charge < -0.3 is 14.8 Å². The van der Waals surface area contributed by atoms with E-state index in [2.05, 4.69) is 4.98 Å². The van der Waals surface area contributed by atoms with Crippen molar-refractivity contribution in [1.82, 2.24) is 9.55 Å². The smallest absolute Gasteiger partial charge is 0.337 e. The number of nitrogens with one attached hydrogen (secondary N) is 1. The summed E-state index contributed by atoms with van der Waals surface area (Å²) in [5.41, 5.74) is 0.815. The van der Waals surface area contributed by atoms with E-state index < -0.39 is 5.97 Å². The maximum absolute atomic E-state index is 12.2. The molecule has 6 heteroatoms. The lowest BCUT2D eigenvalue weighted by molar-refractivity contribution is 0.0689. The second-order valence-corrected chi connectivity index (χ2v) is 5.10. The Labute approximate surface area is 115 Å². The molecule has 2 atom stereocenters. The summed E-state index contributed by atoms with van der Waals surface area (Å²) in [6, 6.07) is 4.65. The highest BCUT2D eigenvalue weighted by molar-refractivity contribution is 6.01. The molecule has 20 heavy (non-hydrogen) atoms. The molecule has 106 valence electrons. The molecule has 2 unspecified atom stereocenters. The number of hydrogen-bond acceptors (Lipinski definition) is 3. The van der Waals surface area contributed by atoms with Gasteiger partial charge in [0.2, 0.25) is 0 Å². The lowest BCUT2D eigenvalue weighted by Gasteiger charge is -2.20. The van der Waals surface area contributed by atoms with Gasteiger partial charge in [-0.2, -0.15) is 0 Å². The number of fused-ring (bicyclic) bond motifs is 1. The van der Waals surface area contributed by atoms with E-state index in [0.29, 0.717) is 17.6 Å². The van der Waals surface area contributed by atoms with Crippen molar-refractivity contribution >= 4 is 17.0 Å². The largest absolute Gasteiger partial charge is 0.478 e. The molecule has 1 aliphatic heterocycles. The number of imidazole rings is 1. The lowest BCUT2D eigenvalue weighted by atomic mass is 10.1. The second-order valence-electron chi connectivity index (χ2n) is 5.10. The monoisotopic (exact) mass is 276 g/mol. The van der Waals surface area contributed by atoms with Gasteiger partial charge in [-0.05, 0) is 31.9 Å². The van der Waals surface area contributed by atoms with Crippen LogP contribution in [0.5, 0.6) is 0 Å². The van der Waals surface area contributed by atoms with Crippen molar-refractivity contribution < 1.29 is 14.6 Å². The van der Waals surface area contributed by atoms with Crippen LogP contribution >= 0.6 is 0 Å². The summed E-state index contributed by atoms with van der Waals surface area (Å²) in [7, 11) is 0. The molecule has 0 amide bonds. The lowest BCUT2D eigenvalue weighted by Crippen LogP contribution is -2.29. The Morgan fingerprint density at radius 2 is 2.35 bits per heavy atom. The number of para-hydroxylation sites is 1. The molecular weight excluding hydrogens is 260 g/mol. The molecule has 2 N–H and O–H groups in total. The van der Waals surface area contributed by atoms with Gasteiger partial charge in [-0.25, -0.2) is 9.59 Å². The van der Waals surface area contributed by atoms with Crippen molar-refractivity contribution in [3.8, 4) is 0 Å². The zero-order chi connectivity index (χ0) is 14.3. The van der Waals surface area contributed by atoms with E-state index in [1.165, 1.54) is 10.6 Å². The van der Waals surface area contributed by atoms with Gasteiger partial charge in [-0.15, -0.1) is 0 Å². The Bertz CT molecular complexity index is 710. The third-order valence-corrected chi connectivity index (χ3v) is 3.88. The van der Waals surface area contributed by atoms with E-state index in [4.69, 9.17) is 4.74 Å². The summed E-state index contributed by atoms with van der Waals surface area (Å²) in [5, 5.41) is 9.30. The fourth-order valence-electron chi connectivity index (χ4n) is 2.89. The Balaban J connectivity index is 2.21. The number of aromatic nitrogens is 2. The normalized spacial score (nSPS) is 20.4. The van der Waals surface area contributed by atoms with E-state index in [1.807, 2.05) is 6.92 Å². The van der Waals surface area contributed by atoms with Crippen LogP contribution in [0.25, 0.3) is 11.0 Å². The molecule has 1 fully saturated rings. The predicted octanol–water partition coefficient (Wildman–Crippen LogP) is 1.77. The zero-order valence-corrected chi connectivity index (χ0v) is 11.1. The molecule has 1 aromatic heterocycles. The van der Waals surface area contributed by atoms with Gasteiger partial charge in [0.05, 0.1) is 28.7 Å². The Morgan fingerprint density at radius 1 is 1.55 bits per heavy atom. The van der Waals surface area contributed by atoms with Crippen molar-refractivity contribution in [2.45, 2.75) is 31.9 Å². The number of rotatable bonds is 3. The van der Waals surface area contributed by atoms with E-state index >= 15 is 0 Å². The first-order chi connectivity index (χ1) is 9.59. The first-order valence-electron chi connectivity index (χ1n) is 6.67. The average Bonchev–Trinajstić information content (AvgIpc) is 3.03. The van der Waals surface area contributed by atoms with Gasteiger partial charge in [0.15, 0.2) is 0 Å². The average molecular weight is 276 g/mol. The number of carboxylic acid groups (broad SMARTS) is 1. The molecule has 0 saturated carbocycles. The number of aromatic amines is 1. The Morgan fingerprint density at radius 3 is 3.00 bits per heavy atom. The quantitative estimate of drug-likeness (QED) is 0.894. The van der Waals surface area contributed by atoms with Crippen LogP contribution in [0, 0.1) is 0 Å². The van der Waals surface area contributed by atoms with Gasteiger partial charge in [0.25, 0.3) is 0 Å². The first kappa shape index (κ1) is 12.9. The minimum atomic E-state index is -1.04. The van der Waals surface area contributed by atoms with Crippen LogP contribution in [0.1, 0.15) is 36.2 Å². The molecule has 0 radical (unpaired) electrons. The van der Waals surface area contributed by atoms with Crippen molar-refractivity contribution in [3.63, 3.8) is 0 Å². The molecule has 0 aliphatic carbocycles. The molecule has 0 bridgehead atoms. The predicted molar refractivity (Wildman–Crippen MR) is 73.2 cm³/mol. The topological polar surface area (TPSA) is 84.3 Å². The highest BCUT2D eigenvalue weighted by atomic mass is 16.5. The van der Waals surface area contributed by atoms with Crippen molar-refractivity contribution in [2.75, 3.05) is 6.61 Å². The van der Waals surface area contributed by atoms with Crippen molar-refractivity contribution in [2.24, 2.45) is 0 Å². The van der Waals surface area contributed by atoms with Gasteiger partial charge in [0, 0.05) is 6.61 Å². The fourth-order valence-corrected chi connectivity index (χ4v) is 2.89. The number of H-pyrrole nitrogens is 1. The minimum Gasteiger partial charge on any atom is -0.478 e. The number of carboxylic acids is 1. The van der Waals surface area contributed by atoms with Crippen LogP contribution in [0.15, 0.2) is 23.0 Å². The van der Waals surface area contributed by atoms with Gasteiger partial charge in [-0.1, -0.05) is 6.07 Å². The summed E-state index contributed by atoms with van der Waals surface area (Å²) in [4.78, 5) is 26.2. The van der Waals surface area contributed by atoms with Crippen molar-refractivity contribution in [1.29, 1.82) is 0 Å². The molecule has 3 rings (SSSR count). The van der Waals surface area contributed by atoms with Gasteiger partial charge >= 0.3 is 11.7 Å². The minimum absolute atomic E-state index is 0.0476. The molecule has 6 nitrogen and oxygen atoms in total. The first-order valence-corrected chi connectivity index (χ1v) is 6.67. The molecule has 1 aromatic carbocycles. The molecule has 1 saturated heterocycles. The standard InChI is InChI=1S/C14H16N2O4/c1-8(11-6-3-7-20-11)16-12-9(13(17)18)4-2-5-10(12)15-14(16)19/h2,4-5,8,11H,3,6-7H2,1H3,(H,15,19)(H,17,18). The molecular formula is C14H16N2O4. The highest BCUT2D eigenvalue weighted by Gasteiger charge is 2.27. The number of aromatic carboxylic acids is 1. The van der Waals surface area contributed by atoms with Crippen LogP contribution in [-0.4, -0.2) is 33.3 Å². The highest BCUT2D eigenvalue weighted by Crippen LogP contribution is 2.27. The number of nitrogens with zero attached hydrogens (tertiary/aromatic N) is 1. The van der Waals surface area contributed by atoms with Gasteiger partial charge in [-0.3, -0.25) is 4.57 Å². The van der Waals surface area contributed by atoms with Crippen LogP contribution in [0.3, 0.4) is 0 Å². The number of carbonyl (C=O) groups is 1. The molecule has 2 aromatic rings. The van der Waals surface area contributed by atoms with Crippen molar-refractivity contribution in [3.05, 3.63) is 34.2 Å². The SMILES string of the molecule is CC(C1CCCO1)n1c(=O)[nH]c2cccc(C(=O)O)c21. The molecule has 0 spiro atoms.